The van der Waals surface area contributed by atoms with Crippen LogP contribution < -0.4 is 10.2 Å². The maximum atomic E-state index is 13.0. The van der Waals surface area contributed by atoms with Crippen LogP contribution in [0, 0.1) is 0 Å². The maximum Gasteiger partial charge on any atom is 0.268 e. The number of quaternary nitrogens is 1. The minimum atomic E-state index is -4.63. The van der Waals surface area contributed by atoms with Gasteiger partial charge in [-0.15, -0.1) is 0 Å². The molecular weight excluding hydrogens is 972 g/mol. The Morgan fingerprint density at radius 3 is 1.21 bits per heavy atom. The number of carbonyl (C=O) groups is 1. The number of allylic oxidation sites excluding steroid dienone is 19. The molecule has 0 fully saturated rings. The number of aliphatic hydroxyl groups excluding tert-OH is 1. The van der Waals surface area contributed by atoms with Crippen molar-refractivity contribution in [1.29, 1.82) is 0 Å². The molecule has 77 heavy (non-hydrogen) atoms. The summed E-state index contributed by atoms with van der Waals surface area (Å²) < 4.78 is 23.4. The zero-order chi connectivity index (χ0) is 56.3. The summed E-state index contributed by atoms with van der Waals surface area (Å²) in [5.41, 5.74) is 0. The largest absolute Gasteiger partial charge is 0.756 e. The number of aliphatic hydroxyl groups is 1. The fraction of sp³-hybridized carbons (Fsp3) is 0.691. The molecule has 3 atom stereocenters. The highest BCUT2D eigenvalue weighted by atomic mass is 31.2. The third kappa shape index (κ3) is 60.4. The predicted octanol–water partition coefficient (Wildman–Crippen LogP) is 19.1. The number of nitrogens with zero attached hydrogens (tertiary/aromatic N) is 1. The Labute approximate surface area is 475 Å². The number of phosphoric acid groups is 1. The first-order valence-electron chi connectivity index (χ1n) is 31.4. The average Bonchev–Trinajstić information content (AvgIpc) is 3.39. The second-order valence-electron chi connectivity index (χ2n) is 22.0. The first-order valence-corrected chi connectivity index (χ1v) is 32.9. The molecule has 442 valence electrons. The van der Waals surface area contributed by atoms with Gasteiger partial charge in [-0.1, -0.05) is 270 Å². The number of amides is 1. The van der Waals surface area contributed by atoms with Gasteiger partial charge < -0.3 is 28.8 Å². The van der Waals surface area contributed by atoms with Crippen LogP contribution in [0.4, 0.5) is 0 Å². The number of hydrogen-bond donors (Lipinski definition) is 2. The highest BCUT2D eigenvalue weighted by Gasteiger charge is 2.23. The number of hydrogen-bond acceptors (Lipinski definition) is 6. The Hall–Kier alpha value is -3.10. The molecule has 0 aromatic carbocycles. The molecule has 2 N–H and O–H groups in total. The molecule has 9 heteroatoms. The minimum Gasteiger partial charge on any atom is -0.756 e. The molecule has 0 aromatic rings. The molecule has 8 nitrogen and oxygen atoms in total. The topological polar surface area (TPSA) is 108 Å². The van der Waals surface area contributed by atoms with Crippen LogP contribution in [0.3, 0.4) is 0 Å². The van der Waals surface area contributed by atoms with Crippen LogP contribution in [-0.2, 0) is 18.4 Å². The van der Waals surface area contributed by atoms with Crippen molar-refractivity contribution in [2.75, 3.05) is 40.9 Å². The molecule has 0 aliphatic heterocycles. The van der Waals surface area contributed by atoms with E-state index in [1.807, 2.05) is 27.2 Å². The molecule has 0 aromatic heterocycles. The smallest absolute Gasteiger partial charge is 0.268 e. The van der Waals surface area contributed by atoms with Crippen molar-refractivity contribution in [2.24, 2.45) is 0 Å². The van der Waals surface area contributed by atoms with E-state index in [2.05, 4.69) is 129 Å². The molecular formula is C68H119N2O6P. The summed E-state index contributed by atoms with van der Waals surface area (Å²) in [4.78, 5) is 25.6. The van der Waals surface area contributed by atoms with Crippen LogP contribution in [-0.4, -0.2) is 68.5 Å². The van der Waals surface area contributed by atoms with Crippen LogP contribution in [0.5, 0.6) is 0 Å². The number of phosphoric ester groups is 1. The van der Waals surface area contributed by atoms with Gasteiger partial charge in [-0.25, -0.2) is 0 Å². The second-order valence-corrected chi connectivity index (χ2v) is 23.4. The predicted molar refractivity (Wildman–Crippen MR) is 334 cm³/mol. The van der Waals surface area contributed by atoms with Gasteiger partial charge in [0.1, 0.15) is 13.2 Å². The lowest BCUT2D eigenvalue weighted by Crippen LogP contribution is -2.45. The summed E-state index contributed by atoms with van der Waals surface area (Å²) in [6.45, 7) is 4.50. The van der Waals surface area contributed by atoms with E-state index in [1.165, 1.54) is 128 Å². The summed E-state index contributed by atoms with van der Waals surface area (Å²) in [5, 5.41) is 13.9. The second kappa shape index (κ2) is 57.6. The number of rotatable bonds is 56. The summed E-state index contributed by atoms with van der Waals surface area (Å²) >= 11 is 0. The molecule has 0 saturated heterocycles. The van der Waals surface area contributed by atoms with Crippen molar-refractivity contribution >= 4 is 13.7 Å². The van der Waals surface area contributed by atoms with Crippen molar-refractivity contribution in [2.45, 2.75) is 264 Å². The van der Waals surface area contributed by atoms with E-state index in [4.69, 9.17) is 9.05 Å². The van der Waals surface area contributed by atoms with Gasteiger partial charge in [0.15, 0.2) is 0 Å². The number of likely N-dealkylation sites (N-methyl/N-ethyl adjacent to an activating group) is 1. The monoisotopic (exact) mass is 1090 g/mol. The number of carbonyl (C=O) groups excluding carboxylic acids is 1. The van der Waals surface area contributed by atoms with Crippen LogP contribution in [0.25, 0.3) is 0 Å². The lowest BCUT2D eigenvalue weighted by atomic mass is 10.0. The molecule has 0 heterocycles. The van der Waals surface area contributed by atoms with E-state index in [-0.39, 0.29) is 12.5 Å². The van der Waals surface area contributed by atoms with Crippen LogP contribution in [0.2, 0.25) is 0 Å². The molecule has 0 bridgehead atoms. The van der Waals surface area contributed by atoms with E-state index in [9.17, 15) is 19.4 Å². The van der Waals surface area contributed by atoms with E-state index in [1.54, 1.807) is 6.08 Å². The molecule has 0 rings (SSSR count). The normalized spacial score (nSPS) is 14.6. The third-order valence-corrected chi connectivity index (χ3v) is 14.4. The van der Waals surface area contributed by atoms with Crippen molar-refractivity contribution < 1.29 is 32.9 Å². The molecule has 0 saturated carbocycles. The van der Waals surface area contributed by atoms with Crippen molar-refractivity contribution in [3.05, 3.63) is 122 Å². The lowest BCUT2D eigenvalue weighted by Gasteiger charge is -2.29. The Morgan fingerprint density at radius 2 is 0.805 bits per heavy atom. The highest BCUT2D eigenvalue weighted by molar-refractivity contribution is 7.45. The summed E-state index contributed by atoms with van der Waals surface area (Å²) in [6, 6.07) is -0.928. The fourth-order valence-electron chi connectivity index (χ4n) is 8.54. The summed E-state index contributed by atoms with van der Waals surface area (Å²) in [6.07, 6.45) is 85.8. The minimum absolute atomic E-state index is 0.0184. The van der Waals surface area contributed by atoms with Crippen molar-refractivity contribution in [3.63, 3.8) is 0 Å². The van der Waals surface area contributed by atoms with Gasteiger partial charge in [0, 0.05) is 6.42 Å². The molecule has 0 radical (unpaired) electrons. The highest BCUT2D eigenvalue weighted by Crippen LogP contribution is 2.38. The molecule has 0 spiro atoms. The van der Waals surface area contributed by atoms with Crippen LogP contribution >= 0.6 is 7.82 Å². The van der Waals surface area contributed by atoms with E-state index >= 15 is 0 Å². The van der Waals surface area contributed by atoms with Gasteiger partial charge in [-0.05, 0) is 96.3 Å². The Balaban J connectivity index is 4.31. The molecule has 0 aliphatic carbocycles. The van der Waals surface area contributed by atoms with E-state index in [0.29, 0.717) is 23.9 Å². The first-order chi connectivity index (χ1) is 37.5. The van der Waals surface area contributed by atoms with Crippen molar-refractivity contribution in [3.8, 4) is 0 Å². The fourth-order valence-corrected chi connectivity index (χ4v) is 9.26. The molecule has 3 unspecified atom stereocenters. The SMILES string of the molecule is CC/C=C\C/C=C\C/C=C\C/C=C\C/C=C\C/C=C\C/C=C\C/C=C\CCCCCCC(=O)NC(COP(=O)([O-])OCC[N+](C)(C)C)C(O)/C=C/CC/C=C/CCCCCCCCCCCCCCCCCCCCCC. The standard InChI is InChI=1S/C68H119N2O6P/c1-6-8-10-12-14-16-18-20-22-24-26-28-30-32-34-35-36-38-40-42-44-46-48-50-52-54-56-58-60-62-68(72)69-66(65-76-77(73,74)75-64-63-70(3,4)5)67(71)61-59-57-55-53-51-49-47-45-43-41-39-37-33-31-29-27-25-23-21-19-17-15-13-11-9-7-2/h8,10,14,16,20,22,26,28,32,34,36,38,42,44,48,50-51,53,59,61,66-67,71H,6-7,9,11-13,15,17-19,21,23-25,27,29-31,33,35,37,39-41,43,45-47,49,52,54-58,60,62-65H2,1-5H3,(H-,69,72,73,74)/b10-8-,16-14-,22-20-,28-26-,34-32-,38-36-,44-42-,50-48-,53-51+,61-59+. The lowest BCUT2D eigenvalue weighted by molar-refractivity contribution is -0.870. The van der Waals surface area contributed by atoms with E-state index in [0.717, 1.165) is 96.3 Å². The third-order valence-electron chi connectivity index (χ3n) is 13.4. The van der Waals surface area contributed by atoms with Gasteiger partial charge in [-0.2, -0.15) is 0 Å². The molecule has 1 amide bonds. The van der Waals surface area contributed by atoms with Gasteiger partial charge in [-0.3, -0.25) is 9.36 Å². The Morgan fingerprint density at radius 1 is 0.468 bits per heavy atom. The maximum absolute atomic E-state index is 13.0. The van der Waals surface area contributed by atoms with E-state index < -0.39 is 26.6 Å². The van der Waals surface area contributed by atoms with Gasteiger partial charge in [0.2, 0.25) is 5.91 Å². The van der Waals surface area contributed by atoms with Crippen LogP contribution in [0.15, 0.2) is 122 Å². The number of nitrogens with one attached hydrogen (secondary N) is 1. The summed E-state index contributed by atoms with van der Waals surface area (Å²) in [5.74, 6) is -0.235. The average molecular weight is 1090 g/mol. The van der Waals surface area contributed by atoms with Crippen LogP contribution in [0.1, 0.15) is 251 Å². The van der Waals surface area contributed by atoms with Crippen molar-refractivity contribution in [1.82, 2.24) is 5.32 Å². The van der Waals surface area contributed by atoms with Gasteiger partial charge >= 0.3 is 0 Å². The first kappa shape index (κ1) is 73.9. The Bertz CT molecular complexity index is 1670. The zero-order valence-electron chi connectivity index (χ0n) is 50.4. The molecule has 0 aliphatic rings. The quantitative estimate of drug-likeness (QED) is 0.0272. The zero-order valence-corrected chi connectivity index (χ0v) is 51.3. The Kier molecular flexibility index (Phi) is 55.3. The van der Waals surface area contributed by atoms with Gasteiger partial charge in [0.25, 0.3) is 7.82 Å². The summed E-state index contributed by atoms with van der Waals surface area (Å²) in [7, 11) is 1.21. The number of unbranched alkanes of at least 4 members (excludes halogenated alkanes) is 25. The van der Waals surface area contributed by atoms with Gasteiger partial charge in [0.05, 0.1) is 39.9 Å².